The Morgan fingerprint density at radius 2 is 1.80 bits per heavy atom. The van der Waals surface area contributed by atoms with Crippen LogP contribution >= 0.6 is 11.6 Å². The van der Waals surface area contributed by atoms with E-state index in [-0.39, 0.29) is 0 Å². The number of para-hydroxylation sites is 2. The standard InChI is InChI=1S/C19H15ClN4O/c1-24-17-7-3-2-6-16(17)23-19(24)22-13-8-10-14(11-9-13)25-18-15(20)5-4-12-21-18/h2-12H,1H3,(H,22,23). The van der Waals surface area contributed by atoms with Gasteiger partial charge in [0.05, 0.1) is 11.0 Å². The van der Waals surface area contributed by atoms with Crippen molar-refractivity contribution in [2.75, 3.05) is 5.32 Å². The topological polar surface area (TPSA) is 52.0 Å². The van der Waals surface area contributed by atoms with Crippen LogP contribution in [0.2, 0.25) is 5.02 Å². The van der Waals surface area contributed by atoms with Gasteiger partial charge in [0, 0.05) is 18.9 Å². The van der Waals surface area contributed by atoms with Gasteiger partial charge < -0.3 is 14.6 Å². The van der Waals surface area contributed by atoms with E-state index in [1.54, 1.807) is 18.3 Å². The summed E-state index contributed by atoms with van der Waals surface area (Å²) in [6.45, 7) is 0. The predicted octanol–water partition coefficient (Wildman–Crippen LogP) is 5.16. The number of ether oxygens (including phenoxy) is 1. The van der Waals surface area contributed by atoms with Gasteiger partial charge in [-0.2, -0.15) is 0 Å². The molecule has 6 heteroatoms. The fourth-order valence-electron chi connectivity index (χ4n) is 2.55. The fourth-order valence-corrected chi connectivity index (χ4v) is 2.71. The smallest absolute Gasteiger partial charge is 0.238 e. The van der Waals surface area contributed by atoms with E-state index in [4.69, 9.17) is 16.3 Å². The summed E-state index contributed by atoms with van der Waals surface area (Å²) in [4.78, 5) is 8.72. The normalized spacial score (nSPS) is 10.8. The Labute approximate surface area is 149 Å². The van der Waals surface area contributed by atoms with Crippen molar-refractivity contribution in [2.24, 2.45) is 7.05 Å². The van der Waals surface area contributed by atoms with Crippen LogP contribution in [0.5, 0.6) is 11.6 Å². The van der Waals surface area contributed by atoms with Gasteiger partial charge >= 0.3 is 0 Å². The van der Waals surface area contributed by atoms with E-state index >= 15 is 0 Å². The second-order valence-electron chi connectivity index (χ2n) is 5.52. The molecule has 0 bridgehead atoms. The summed E-state index contributed by atoms with van der Waals surface area (Å²) in [5, 5.41) is 3.79. The predicted molar refractivity (Wildman–Crippen MR) is 99.8 cm³/mol. The minimum Gasteiger partial charge on any atom is -0.438 e. The fraction of sp³-hybridized carbons (Fsp3) is 0.0526. The van der Waals surface area contributed by atoms with E-state index in [1.807, 2.05) is 60.1 Å². The Hall–Kier alpha value is -3.05. The number of benzene rings is 2. The summed E-state index contributed by atoms with van der Waals surface area (Å²) in [5.41, 5.74) is 2.95. The second kappa shape index (κ2) is 6.45. The molecule has 0 amide bonds. The molecule has 0 atom stereocenters. The molecule has 4 aromatic rings. The van der Waals surface area contributed by atoms with Crippen molar-refractivity contribution in [3.63, 3.8) is 0 Å². The van der Waals surface area contributed by atoms with Gasteiger partial charge in [-0.25, -0.2) is 9.97 Å². The number of nitrogens with one attached hydrogen (secondary N) is 1. The Bertz CT molecular complexity index is 1030. The van der Waals surface area contributed by atoms with Gasteiger partial charge in [0.2, 0.25) is 11.8 Å². The molecule has 5 nitrogen and oxygen atoms in total. The monoisotopic (exact) mass is 350 g/mol. The van der Waals surface area contributed by atoms with Crippen LogP contribution in [0.4, 0.5) is 11.6 Å². The summed E-state index contributed by atoms with van der Waals surface area (Å²) >= 11 is 6.06. The number of halogens is 1. The lowest BCUT2D eigenvalue weighted by molar-refractivity contribution is 0.463. The van der Waals surface area contributed by atoms with Crippen molar-refractivity contribution in [1.29, 1.82) is 0 Å². The Morgan fingerprint density at radius 1 is 1.00 bits per heavy atom. The summed E-state index contributed by atoms with van der Waals surface area (Å²) in [6, 6.07) is 19.1. The van der Waals surface area contributed by atoms with Crippen LogP contribution in [0, 0.1) is 0 Å². The van der Waals surface area contributed by atoms with Crippen LogP contribution in [-0.4, -0.2) is 14.5 Å². The van der Waals surface area contributed by atoms with E-state index in [2.05, 4.69) is 15.3 Å². The first-order valence-electron chi connectivity index (χ1n) is 7.77. The van der Waals surface area contributed by atoms with Crippen molar-refractivity contribution in [3.8, 4) is 11.6 Å². The molecule has 2 aromatic carbocycles. The molecule has 0 fully saturated rings. The van der Waals surface area contributed by atoms with Gasteiger partial charge in [0.1, 0.15) is 10.8 Å². The number of imidazole rings is 1. The van der Waals surface area contributed by atoms with Crippen LogP contribution in [0.3, 0.4) is 0 Å². The summed E-state index contributed by atoms with van der Waals surface area (Å²) in [7, 11) is 1.98. The van der Waals surface area contributed by atoms with Crippen LogP contribution in [0.1, 0.15) is 0 Å². The summed E-state index contributed by atoms with van der Waals surface area (Å²) < 4.78 is 7.72. The maximum Gasteiger partial charge on any atom is 0.238 e. The van der Waals surface area contributed by atoms with Crippen molar-refractivity contribution >= 4 is 34.3 Å². The lowest BCUT2D eigenvalue weighted by Crippen LogP contribution is -1.99. The molecule has 0 unspecified atom stereocenters. The molecular weight excluding hydrogens is 336 g/mol. The van der Waals surface area contributed by atoms with Crippen LogP contribution < -0.4 is 10.1 Å². The molecule has 1 N–H and O–H groups in total. The van der Waals surface area contributed by atoms with Crippen LogP contribution in [-0.2, 0) is 7.05 Å². The summed E-state index contributed by atoms with van der Waals surface area (Å²) in [5.74, 6) is 1.83. The lowest BCUT2D eigenvalue weighted by Gasteiger charge is -2.09. The van der Waals surface area contributed by atoms with E-state index in [0.717, 1.165) is 22.7 Å². The maximum absolute atomic E-state index is 6.06. The van der Waals surface area contributed by atoms with Gasteiger partial charge in [-0.05, 0) is 48.5 Å². The van der Waals surface area contributed by atoms with Gasteiger partial charge in [0.25, 0.3) is 0 Å². The van der Waals surface area contributed by atoms with E-state index in [0.29, 0.717) is 16.7 Å². The van der Waals surface area contributed by atoms with Gasteiger partial charge in [-0.3, -0.25) is 0 Å². The highest BCUT2D eigenvalue weighted by atomic mass is 35.5. The number of pyridine rings is 1. The Kier molecular flexibility index (Phi) is 3.99. The zero-order valence-corrected chi connectivity index (χ0v) is 14.2. The average Bonchev–Trinajstić information content (AvgIpc) is 2.95. The van der Waals surface area contributed by atoms with Gasteiger partial charge in [0.15, 0.2) is 0 Å². The Balaban J connectivity index is 1.54. The van der Waals surface area contributed by atoms with Crippen LogP contribution in [0.15, 0.2) is 66.9 Å². The number of hydrogen-bond acceptors (Lipinski definition) is 4. The minimum absolute atomic E-state index is 0.389. The minimum atomic E-state index is 0.389. The van der Waals surface area contributed by atoms with Crippen molar-refractivity contribution < 1.29 is 4.74 Å². The third kappa shape index (κ3) is 3.14. The molecule has 2 aromatic heterocycles. The van der Waals surface area contributed by atoms with Crippen molar-refractivity contribution in [3.05, 3.63) is 71.9 Å². The number of hydrogen-bond donors (Lipinski definition) is 1. The number of rotatable bonds is 4. The molecule has 4 rings (SSSR count). The number of nitrogens with zero attached hydrogens (tertiary/aromatic N) is 3. The quantitative estimate of drug-likeness (QED) is 0.552. The summed E-state index contributed by atoms with van der Waals surface area (Å²) in [6.07, 6.45) is 1.64. The molecule has 0 saturated carbocycles. The molecule has 0 saturated heterocycles. The first-order valence-corrected chi connectivity index (χ1v) is 8.15. The number of fused-ring (bicyclic) bond motifs is 1. The zero-order chi connectivity index (χ0) is 17.2. The maximum atomic E-state index is 6.06. The molecule has 0 aliphatic carbocycles. The second-order valence-corrected chi connectivity index (χ2v) is 5.93. The van der Waals surface area contributed by atoms with Gasteiger partial charge in [-0.15, -0.1) is 0 Å². The third-order valence-corrected chi connectivity index (χ3v) is 4.12. The number of aromatic nitrogens is 3. The Morgan fingerprint density at radius 3 is 2.56 bits per heavy atom. The molecule has 2 heterocycles. The molecular formula is C19H15ClN4O. The molecule has 0 radical (unpaired) electrons. The van der Waals surface area contributed by atoms with Crippen LogP contribution in [0.25, 0.3) is 11.0 Å². The van der Waals surface area contributed by atoms with E-state index < -0.39 is 0 Å². The highest BCUT2D eigenvalue weighted by Gasteiger charge is 2.08. The van der Waals surface area contributed by atoms with Crippen molar-refractivity contribution in [1.82, 2.24) is 14.5 Å². The first-order chi connectivity index (χ1) is 12.2. The van der Waals surface area contributed by atoms with E-state index in [1.165, 1.54) is 0 Å². The largest absolute Gasteiger partial charge is 0.438 e. The van der Waals surface area contributed by atoms with Crippen molar-refractivity contribution in [2.45, 2.75) is 0 Å². The van der Waals surface area contributed by atoms with Gasteiger partial charge in [-0.1, -0.05) is 23.7 Å². The molecule has 124 valence electrons. The number of aryl methyl sites for hydroxylation is 1. The number of anilines is 2. The zero-order valence-electron chi connectivity index (χ0n) is 13.5. The average molecular weight is 351 g/mol. The SMILES string of the molecule is Cn1c(Nc2ccc(Oc3ncccc3Cl)cc2)nc2ccccc21. The lowest BCUT2D eigenvalue weighted by atomic mass is 10.3. The van der Waals surface area contributed by atoms with E-state index in [9.17, 15) is 0 Å². The highest BCUT2D eigenvalue weighted by molar-refractivity contribution is 6.31. The molecule has 0 aliphatic rings. The first kappa shape index (κ1) is 15.5. The third-order valence-electron chi connectivity index (χ3n) is 3.84. The molecule has 0 spiro atoms. The molecule has 0 aliphatic heterocycles. The molecule has 25 heavy (non-hydrogen) atoms. The highest BCUT2D eigenvalue weighted by Crippen LogP contribution is 2.28.